The zero-order valence-electron chi connectivity index (χ0n) is 12.8. The van der Waals surface area contributed by atoms with Crippen LogP contribution >= 0.6 is 0 Å². The molecule has 0 spiro atoms. The zero-order valence-corrected chi connectivity index (χ0v) is 12.8. The van der Waals surface area contributed by atoms with Crippen molar-refractivity contribution in [2.75, 3.05) is 19.0 Å². The van der Waals surface area contributed by atoms with Crippen molar-refractivity contribution < 1.29 is 19.1 Å². The summed E-state index contributed by atoms with van der Waals surface area (Å²) in [5, 5.41) is 2.69. The number of amides is 3. The number of allylic oxidation sites excluding steroid dienone is 2. The van der Waals surface area contributed by atoms with E-state index in [0.29, 0.717) is 24.3 Å². The van der Waals surface area contributed by atoms with Crippen molar-refractivity contribution in [2.45, 2.75) is 12.8 Å². The summed E-state index contributed by atoms with van der Waals surface area (Å²) < 4.78 is 5.05. The molecule has 2 aliphatic rings. The Morgan fingerprint density at radius 1 is 1.13 bits per heavy atom. The molecule has 1 fully saturated rings. The maximum Gasteiger partial charge on any atom is 0.244 e. The number of ether oxygens (including phenoxy) is 1. The number of nitrogens with one attached hydrogen (secondary N) is 1. The van der Waals surface area contributed by atoms with E-state index in [1.807, 2.05) is 12.2 Å². The first-order chi connectivity index (χ1) is 11.1. The number of carbonyl (C=O) groups is 3. The summed E-state index contributed by atoms with van der Waals surface area (Å²) in [6.45, 7) is -0.239. The highest BCUT2D eigenvalue weighted by Gasteiger charge is 2.47. The highest BCUT2D eigenvalue weighted by molar-refractivity contribution is 6.08. The van der Waals surface area contributed by atoms with Gasteiger partial charge in [-0.3, -0.25) is 19.3 Å². The number of imide groups is 1. The van der Waals surface area contributed by atoms with E-state index in [2.05, 4.69) is 5.32 Å². The highest BCUT2D eigenvalue weighted by Crippen LogP contribution is 2.34. The lowest BCUT2D eigenvalue weighted by Gasteiger charge is -2.14. The lowest BCUT2D eigenvalue weighted by molar-refractivity contribution is -0.142. The third-order valence-corrected chi connectivity index (χ3v) is 4.27. The van der Waals surface area contributed by atoms with Gasteiger partial charge in [-0.2, -0.15) is 0 Å². The molecule has 1 N–H and O–H groups in total. The van der Waals surface area contributed by atoms with Crippen LogP contribution in [0.15, 0.2) is 36.4 Å². The van der Waals surface area contributed by atoms with Gasteiger partial charge in [0.15, 0.2) is 0 Å². The van der Waals surface area contributed by atoms with Crippen LogP contribution in [0.2, 0.25) is 0 Å². The molecule has 6 nitrogen and oxygen atoms in total. The van der Waals surface area contributed by atoms with Crippen molar-refractivity contribution in [1.29, 1.82) is 0 Å². The number of carbonyl (C=O) groups excluding carboxylic acids is 3. The van der Waals surface area contributed by atoms with Crippen LogP contribution in [0, 0.1) is 11.8 Å². The summed E-state index contributed by atoms with van der Waals surface area (Å²) in [6.07, 6.45) is 5.00. The largest absolute Gasteiger partial charge is 0.497 e. The zero-order chi connectivity index (χ0) is 16.4. The molecule has 23 heavy (non-hydrogen) atoms. The van der Waals surface area contributed by atoms with Crippen LogP contribution in [0.25, 0.3) is 0 Å². The Kier molecular flexibility index (Phi) is 4.14. The van der Waals surface area contributed by atoms with Gasteiger partial charge in [0.2, 0.25) is 17.7 Å². The third kappa shape index (κ3) is 2.97. The summed E-state index contributed by atoms with van der Waals surface area (Å²) in [6, 6.07) is 6.85. The number of rotatable bonds is 4. The molecule has 2 atom stereocenters. The first kappa shape index (κ1) is 15.3. The van der Waals surface area contributed by atoms with E-state index in [-0.39, 0.29) is 36.1 Å². The van der Waals surface area contributed by atoms with E-state index in [1.54, 1.807) is 31.4 Å². The molecule has 3 amide bonds. The summed E-state index contributed by atoms with van der Waals surface area (Å²) >= 11 is 0. The van der Waals surface area contributed by atoms with E-state index >= 15 is 0 Å². The fraction of sp³-hybridized carbons (Fsp3) is 0.353. The van der Waals surface area contributed by atoms with Crippen LogP contribution in [0.1, 0.15) is 12.8 Å². The number of benzene rings is 1. The molecule has 1 aromatic carbocycles. The fourth-order valence-electron chi connectivity index (χ4n) is 3.04. The van der Waals surface area contributed by atoms with E-state index in [9.17, 15) is 14.4 Å². The van der Waals surface area contributed by atoms with Gasteiger partial charge in [-0.1, -0.05) is 12.2 Å². The molecule has 0 saturated carbocycles. The van der Waals surface area contributed by atoms with Crippen LogP contribution < -0.4 is 10.1 Å². The lowest BCUT2D eigenvalue weighted by Crippen LogP contribution is -2.38. The Hall–Kier alpha value is -2.63. The average molecular weight is 314 g/mol. The molecule has 0 radical (unpaired) electrons. The molecule has 0 aromatic heterocycles. The molecule has 1 heterocycles. The normalized spacial score (nSPS) is 22.9. The first-order valence-corrected chi connectivity index (χ1v) is 7.54. The quantitative estimate of drug-likeness (QED) is 0.676. The van der Waals surface area contributed by atoms with Crippen LogP contribution in [0.5, 0.6) is 5.75 Å². The Bertz CT molecular complexity index is 640. The third-order valence-electron chi connectivity index (χ3n) is 4.27. The maximum absolute atomic E-state index is 12.3. The second-order valence-corrected chi connectivity index (χ2v) is 5.70. The van der Waals surface area contributed by atoms with Crippen molar-refractivity contribution in [3.8, 4) is 5.75 Å². The highest BCUT2D eigenvalue weighted by atomic mass is 16.5. The van der Waals surface area contributed by atoms with Gasteiger partial charge in [-0.15, -0.1) is 0 Å². The minimum atomic E-state index is -0.386. The summed E-state index contributed by atoms with van der Waals surface area (Å²) in [5.41, 5.74) is 0.592. The van der Waals surface area contributed by atoms with Gasteiger partial charge in [-0.05, 0) is 37.1 Å². The Balaban J connectivity index is 1.63. The van der Waals surface area contributed by atoms with Crippen molar-refractivity contribution in [3.05, 3.63) is 36.4 Å². The second kappa shape index (κ2) is 6.24. The van der Waals surface area contributed by atoms with Crippen molar-refractivity contribution >= 4 is 23.4 Å². The second-order valence-electron chi connectivity index (χ2n) is 5.70. The Morgan fingerprint density at radius 2 is 1.70 bits per heavy atom. The standard InChI is InChI=1S/C17H18N2O4/c1-23-12-8-6-11(7-9-12)18-15(20)10-19-16(21)13-4-2-3-5-14(13)17(19)22/h2-3,6-9,13-14H,4-5,10H2,1H3,(H,18,20)/t13-,14+. The molecule has 1 aliphatic carbocycles. The molecule has 0 unspecified atom stereocenters. The minimum Gasteiger partial charge on any atom is -0.497 e. The molecule has 1 aromatic rings. The Morgan fingerprint density at radius 3 is 2.22 bits per heavy atom. The fourth-order valence-corrected chi connectivity index (χ4v) is 3.04. The van der Waals surface area contributed by atoms with E-state index in [4.69, 9.17) is 4.74 Å². The molecule has 1 saturated heterocycles. The molecule has 6 heteroatoms. The molecule has 1 aliphatic heterocycles. The van der Waals surface area contributed by atoms with Gasteiger partial charge < -0.3 is 10.1 Å². The molecular weight excluding hydrogens is 296 g/mol. The molecule has 3 rings (SSSR count). The number of hydrogen-bond donors (Lipinski definition) is 1. The average Bonchev–Trinajstić information content (AvgIpc) is 2.81. The van der Waals surface area contributed by atoms with E-state index in [0.717, 1.165) is 4.90 Å². The number of fused-ring (bicyclic) bond motifs is 1. The van der Waals surface area contributed by atoms with E-state index in [1.165, 1.54) is 0 Å². The Labute approximate surface area is 134 Å². The number of nitrogens with zero attached hydrogens (tertiary/aromatic N) is 1. The predicted molar refractivity (Wildman–Crippen MR) is 83.7 cm³/mol. The van der Waals surface area contributed by atoms with Crippen LogP contribution in [0.4, 0.5) is 5.69 Å². The van der Waals surface area contributed by atoms with Crippen molar-refractivity contribution in [2.24, 2.45) is 11.8 Å². The van der Waals surface area contributed by atoms with Gasteiger partial charge in [0, 0.05) is 5.69 Å². The van der Waals surface area contributed by atoms with Gasteiger partial charge in [0.05, 0.1) is 18.9 Å². The molecule has 0 bridgehead atoms. The lowest BCUT2D eigenvalue weighted by atomic mass is 9.85. The van der Waals surface area contributed by atoms with Crippen LogP contribution in [-0.2, 0) is 14.4 Å². The van der Waals surface area contributed by atoms with E-state index < -0.39 is 0 Å². The van der Waals surface area contributed by atoms with Crippen LogP contribution in [-0.4, -0.2) is 36.3 Å². The number of likely N-dealkylation sites (tertiary alicyclic amines) is 1. The minimum absolute atomic E-state index is 0.239. The van der Waals surface area contributed by atoms with Crippen molar-refractivity contribution in [3.63, 3.8) is 0 Å². The van der Waals surface area contributed by atoms with Gasteiger partial charge in [-0.25, -0.2) is 0 Å². The number of methoxy groups -OCH3 is 1. The SMILES string of the molecule is COc1ccc(NC(=O)CN2C(=O)[C@H]3CC=CC[C@H]3C2=O)cc1. The monoisotopic (exact) mass is 314 g/mol. The number of hydrogen-bond acceptors (Lipinski definition) is 4. The number of anilines is 1. The predicted octanol–water partition coefficient (Wildman–Crippen LogP) is 1.58. The first-order valence-electron chi connectivity index (χ1n) is 7.54. The topological polar surface area (TPSA) is 75.7 Å². The van der Waals surface area contributed by atoms with Gasteiger partial charge >= 0.3 is 0 Å². The summed E-state index contributed by atoms with van der Waals surface area (Å²) in [7, 11) is 1.56. The van der Waals surface area contributed by atoms with Crippen LogP contribution in [0.3, 0.4) is 0 Å². The van der Waals surface area contributed by atoms with Crippen molar-refractivity contribution in [1.82, 2.24) is 4.90 Å². The molecule has 120 valence electrons. The van der Waals surface area contributed by atoms with Gasteiger partial charge in [0.1, 0.15) is 12.3 Å². The van der Waals surface area contributed by atoms with Gasteiger partial charge in [0.25, 0.3) is 0 Å². The smallest absolute Gasteiger partial charge is 0.244 e. The molecular formula is C17H18N2O4. The summed E-state index contributed by atoms with van der Waals surface area (Å²) in [5.74, 6) is -0.793. The maximum atomic E-state index is 12.3. The summed E-state index contributed by atoms with van der Waals surface area (Å²) in [4.78, 5) is 37.8.